The molecule has 0 bridgehead atoms. The second kappa shape index (κ2) is 8.97. The van der Waals surface area contributed by atoms with Crippen molar-refractivity contribution in [2.45, 2.75) is 31.6 Å². The molecular weight excluding hydrogens is 454 g/mol. The van der Waals surface area contributed by atoms with Gasteiger partial charge in [-0.05, 0) is 50.1 Å². The number of amides is 1. The maximum atomic E-state index is 13.3. The first-order valence-electron chi connectivity index (χ1n) is 10.1. The molecule has 2 aromatic heterocycles. The van der Waals surface area contributed by atoms with Crippen LogP contribution in [0.1, 0.15) is 24.4 Å². The quantitative estimate of drug-likeness (QED) is 0.600. The summed E-state index contributed by atoms with van der Waals surface area (Å²) in [6.07, 6.45) is 0.802. The highest BCUT2D eigenvalue weighted by Gasteiger charge is 2.33. The van der Waals surface area contributed by atoms with E-state index in [4.69, 9.17) is 16.1 Å². The van der Waals surface area contributed by atoms with E-state index in [1.807, 2.05) is 19.1 Å². The molecule has 0 saturated carbocycles. The highest BCUT2D eigenvalue weighted by atomic mass is 35.5. The number of aryl methyl sites for hydroxylation is 2. The summed E-state index contributed by atoms with van der Waals surface area (Å²) in [5, 5.41) is 6.76. The predicted octanol–water partition coefficient (Wildman–Crippen LogP) is 3.44. The summed E-state index contributed by atoms with van der Waals surface area (Å²) < 4.78 is 32.9. The van der Waals surface area contributed by atoms with Crippen LogP contribution in [0.15, 0.2) is 45.8 Å². The molecule has 4 rings (SSSR count). The molecule has 0 unspecified atom stereocenters. The molecule has 11 heteroatoms. The third-order valence-corrected chi connectivity index (χ3v) is 7.68. The van der Waals surface area contributed by atoms with Gasteiger partial charge in [0.2, 0.25) is 27.6 Å². The lowest BCUT2D eigenvalue weighted by Crippen LogP contribution is -2.41. The van der Waals surface area contributed by atoms with Gasteiger partial charge in [-0.2, -0.15) is 9.29 Å². The van der Waals surface area contributed by atoms with Crippen LogP contribution < -0.4 is 5.32 Å². The van der Waals surface area contributed by atoms with Gasteiger partial charge in [-0.3, -0.25) is 4.79 Å². The van der Waals surface area contributed by atoms with Gasteiger partial charge in [0.15, 0.2) is 0 Å². The second-order valence-electron chi connectivity index (χ2n) is 7.61. The minimum Gasteiger partial charge on any atom is -0.339 e. The van der Waals surface area contributed by atoms with Crippen molar-refractivity contribution in [2.75, 3.05) is 18.4 Å². The van der Waals surface area contributed by atoms with E-state index in [1.165, 1.54) is 16.4 Å². The van der Waals surface area contributed by atoms with Crippen molar-refractivity contribution in [1.29, 1.82) is 0 Å². The molecule has 0 spiro atoms. The minimum absolute atomic E-state index is 0.0222. The summed E-state index contributed by atoms with van der Waals surface area (Å²) >= 11 is 6.23. The highest BCUT2D eigenvalue weighted by Crippen LogP contribution is 2.31. The zero-order valence-electron chi connectivity index (χ0n) is 17.6. The molecule has 1 fully saturated rings. The number of pyridine rings is 1. The molecule has 3 heterocycles. The van der Waals surface area contributed by atoms with Gasteiger partial charge in [0.25, 0.3) is 0 Å². The van der Waals surface area contributed by atoms with E-state index in [2.05, 4.69) is 20.4 Å². The first-order valence-corrected chi connectivity index (χ1v) is 11.9. The number of aromatic nitrogens is 3. The van der Waals surface area contributed by atoms with Crippen LogP contribution in [-0.2, 0) is 14.8 Å². The smallest absolute Gasteiger partial charge is 0.244 e. The summed E-state index contributed by atoms with van der Waals surface area (Å²) in [5.41, 5.74) is 1.29. The zero-order valence-corrected chi connectivity index (χ0v) is 19.2. The molecule has 1 saturated heterocycles. The largest absolute Gasteiger partial charge is 0.339 e. The van der Waals surface area contributed by atoms with Gasteiger partial charge in [-0.1, -0.05) is 22.8 Å². The predicted molar refractivity (Wildman–Crippen MR) is 119 cm³/mol. The molecule has 0 radical (unpaired) electrons. The molecule has 1 amide bonds. The molecule has 1 N–H and O–H groups in total. The Morgan fingerprint density at radius 1 is 1.16 bits per heavy atom. The molecular formula is C21H22ClN5O4S. The monoisotopic (exact) mass is 475 g/mol. The lowest BCUT2D eigenvalue weighted by molar-refractivity contribution is -0.120. The van der Waals surface area contributed by atoms with Crippen LogP contribution >= 0.6 is 11.6 Å². The highest BCUT2D eigenvalue weighted by molar-refractivity contribution is 7.89. The van der Waals surface area contributed by atoms with Gasteiger partial charge < -0.3 is 9.84 Å². The lowest BCUT2D eigenvalue weighted by atomic mass is 9.97. The number of nitrogens with one attached hydrogen (secondary N) is 1. The van der Waals surface area contributed by atoms with Crippen LogP contribution in [0.4, 0.5) is 5.82 Å². The van der Waals surface area contributed by atoms with Crippen molar-refractivity contribution in [3.8, 4) is 11.4 Å². The number of rotatable bonds is 5. The van der Waals surface area contributed by atoms with Crippen molar-refractivity contribution in [3.05, 3.63) is 53.0 Å². The second-order valence-corrected chi connectivity index (χ2v) is 9.93. The summed E-state index contributed by atoms with van der Waals surface area (Å²) in [6.45, 7) is 3.92. The van der Waals surface area contributed by atoms with Crippen molar-refractivity contribution < 1.29 is 17.7 Å². The first-order chi connectivity index (χ1) is 15.2. The number of carbonyl (C=O) groups is 1. The van der Waals surface area contributed by atoms with Crippen LogP contribution in [0.5, 0.6) is 0 Å². The SMILES string of the molecule is Cc1cccc(NC(=O)C2CCN(S(=O)(=O)c3cc(-c4noc(C)n4)ccc3Cl)CC2)n1. The summed E-state index contributed by atoms with van der Waals surface area (Å²) in [4.78, 5) is 21.0. The molecule has 0 atom stereocenters. The van der Waals surface area contributed by atoms with E-state index in [0.29, 0.717) is 30.1 Å². The van der Waals surface area contributed by atoms with Gasteiger partial charge in [-0.15, -0.1) is 0 Å². The molecule has 1 aliphatic rings. The van der Waals surface area contributed by atoms with Gasteiger partial charge in [0, 0.05) is 37.2 Å². The van der Waals surface area contributed by atoms with Gasteiger partial charge >= 0.3 is 0 Å². The molecule has 3 aromatic rings. The van der Waals surface area contributed by atoms with Crippen molar-refractivity contribution in [1.82, 2.24) is 19.4 Å². The minimum atomic E-state index is -3.86. The van der Waals surface area contributed by atoms with E-state index in [0.717, 1.165) is 5.69 Å². The summed E-state index contributed by atoms with van der Waals surface area (Å²) in [7, 11) is -3.86. The van der Waals surface area contributed by atoms with Gasteiger partial charge in [-0.25, -0.2) is 13.4 Å². The fraction of sp³-hybridized carbons (Fsp3) is 0.333. The maximum absolute atomic E-state index is 13.3. The van der Waals surface area contributed by atoms with Crippen LogP contribution in [0.2, 0.25) is 5.02 Å². The number of nitrogens with zero attached hydrogens (tertiary/aromatic N) is 4. The lowest BCUT2D eigenvalue weighted by Gasteiger charge is -2.30. The Morgan fingerprint density at radius 2 is 1.91 bits per heavy atom. The Morgan fingerprint density at radius 3 is 2.56 bits per heavy atom. The number of benzene rings is 1. The Kier molecular flexibility index (Phi) is 6.27. The van der Waals surface area contributed by atoms with E-state index in [9.17, 15) is 13.2 Å². The normalized spacial score (nSPS) is 15.6. The molecule has 32 heavy (non-hydrogen) atoms. The molecule has 9 nitrogen and oxygen atoms in total. The zero-order chi connectivity index (χ0) is 22.9. The average molecular weight is 476 g/mol. The number of sulfonamides is 1. The number of hydrogen-bond acceptors (Lipinski definition) is 7. The van der Waals surface area contributed by atoms with Gasteiger partial charge in [0.1, 0.15) is 10.7 Å². The molecule has 0 aliphatic carbocycles. The average Bonchev–Trinajstić information content (AvgIpc) is 3.20. The number of carbonyl (C=O) groups excluding carboxylic acids is 1. The van der Waals surface area contributed by atoms with Crippen molar-refractivity contribution in [3.63, 3.8) is 0 Å². The van der Waals surface area contributed by atoms with E-state index < -0.39 is 10.0 Å². The molecule has 1 aromatic carbocycles. The van der Waals surface area contributed by atoms with E-state index >= 15 is 0 Å². The van der Waals surface area contributed by atoms with Gasteiger partial charge in [0.05, 0.1) is 5.02 Å². The number of halogens is 1. The van der Waals surface area contributed by atoms with E-state index in [1.54, 1.807) is 19.1 Å². The number of hydrogen-bond donors (Lipinski definition) is 1. The third kappa shape index (κ3) is 4.67. The Balaban J connectivity index is 1.46. The topological polar surface area (TPSA) is 118 Å². The first kappa shape index (κ1) is 22.4. The molecule has 168 valence electrons. The van der Waals surface area contributed by atoms with Crippen molar-refractivity contribution in [2.24, 2.45) is 5.92 Å². The van der Waals surface area contributed by atoms with Crippen molar-refractivity contribution >= 4 is 33.3 Å². The molecule has 1 aliphatic heterocycles. The number of piperidine rings is 1. The van der Waals surface area contributed by atoms with Crippen LogP contribution in [0.3, 0.4) is 0 Å². The Bertz CT molecular complexity index is 1250. The summed E-state index contributed by atoms with van der Waals surface area (Å²) in [6, 6.07) is 9.99. The number of anilines is 1. The fourth-order valence-electron chi connectivity index (χ4n) is 3.60. The maximum Gasteiger partial charge on any atom is 0.244 e. The Hall–Kier alpha value is -2.82. The standard InChI is InChI=1S/C21H22ClN5O4S/c1-13-4-3-5-19(23-13)25-21(28)15-8-10-27(11-9-15)32(29,30)18-12-16(6-7-17(18)22)20-24-14(2)31-26-20/h3-7,12,15H,8-11H2,1-2H3,(H,23,25,28). The van der Waals surface area contributed by atoms with Crippen LogP contribution in [-0.4, -0.2) is 46.8 Å². The van der Waals surface area contributed by atoms with E-state index in [-0.39, 0.29) is 40.7 Å². The fourth-order valence-corrected chi connectivity index (χ4v) is 5.57. The Labute approximate surface area is 190 Å². The third-order valence-electron chi connectivity index (χ3n) is 5.30. The summed E-state index contributed by atoms with van der Waals surface area (Å²) in [5.74, 6) is 0.696. The van der Waals surface area contributed by atoms with Crippen LogP contribution in [0.25, 0.3) is 11.4 Å². The van der Waals surface area contributed by atoms with Crippen LogP contribution in [0, 0.1) is 19.8 Å².